The Morgan fingerprint density at radius 2 is 1.86 bits per heavy atom. The van der Waals surface area contributed by atoms with Gasteiger partial charge in [0.15, 0.2) is 0 Å². The number of amides is 1. The van der Waals surface area contributed by atoms with Crippen molar-refractivity contribution in [3.05, 3.63) is 24.3 Å². The molecule has 6 nitrogen and oxygen atoms in total. The molecule has 1 atom stereocenters. The second-order valence-corrected chi connectivity index (χ2v) is 9.00. The monoisotopic (exact) mass is 373 g/mol. The standard InChI is InChI=1S/C8H10AsNO5.C7H14/c1-6(11)10-8-4-2-7(3-5-8)9(12,13)15-14;1-2-7-5-3-4-6-7/h2-5,14H,1H3,(H,10,11)(H,12,13);7H,2-6H2,1H3. The third kappa shape index (κ3) is 6.36. The van der Waals surface area contributed by atoms with E-state index in [9.17, 15) is 8.53 Å². The van der Waals surface area contributed by atoms with E-state index in [0.717, 1.165) is 5.92 Å². The third-order valence-electron chi connectivity index (χ3n) is 3.68. The van der Waals surface area contributed by atoms with Crippen LogP contribution in [0.5, 0.6) is 0 Å². The maximum atomic E-state index is 11.2. The van der Waals surface area contributed by atoms with Crippen LogP contribution >= 0.6 is 0 Å². The molecule has 1 aromatic carbocycles. The molecule has 0 bridgehead atoms. The van der Waals surface area contributed by atoms with E-state index in [-0.39, 0.29) is 10.3 Å². The summed E-state index contributed by atoms with van der Waals surface area (Å²) in [6, 6.07) is 5.50. The SMILES string of the molecule is CC(=O)Nc1ccc([As](=O)(O)OO)cc1.CCC1CCCC1. The summed E-state index contributed by atoms with van der Waals surface area (Å²) >= 11 is -4.76. The molecule has 0 heterocycles. The first-order chi connectivity index (χ1) is 10.4. The van der Waals surface area contributed by atoms with E-state index in [1.807, 2.05) is 0 Å². The normalized spacial score (nSPS) is 17.3. The molecule has 2 rings (SSSR count). The van der Waals surface area contributed by atoms with Crippen molar-refractivity contribution in [3.8, 4) is 0 Å². The Morgan fingerprint density at radius 3 is 2.23 bits per heavy atom. The van der Waals surface area contributed by atoms with Gasteiger partial charge in [-0.3, -0.25) is 0 Å². The maximum absolute atomic E-state index is 11.2. The number of benzene rings is 1. The van der Waals surface area contributed by atoms with Crippen LogP contribution in [0.25, 0.3) is 0 Å². The fraction of sp³-hybridized carbons (Fsp3) is 0.533. The second kappa shape index (κ2) is 9.15. The number of hydrogen-bond donors (Lipinski definition) is 3. The van der Waals surface area contributed by atoms with Crippen molar-refractivity contribution >= 4 is 30.1 Å². The van der Waals surface area contributed by atoms with Crippen LogP contribution in [0.3, 0.4) is 0 Å². The molecule has 7 heteroatoms. The smallest absolute Gasteiger partial charge is 0.0417 e. The van der Waals surface area contributed by atoms with Gasteiger partial charge >= 0.3 is 88.4 Å². The number of rotatable bonds is 4. The van der Waals surface area contributed by atoms with Gasteiger partial charge in [0.25, 0.3) is 0 Å². The molecule has 0 spiro atoms. The summed E-state index contributed by atoms with van der Waals surface area (Å²) in [4.78, 5) is 10.7. The molecule has 1 unspecified atom stereocenters. The fourth-order valence-corrected chi connectivity index (χ4v) is 3.70. The largest absolute Gasteiger partial charge is 0.0651 e. The van der Waals surface area contributed by atoms with Crippen LogP contribution in [-0.4, -0.2) is 29.4 Å². The van der Waals surface area contributed by atoms with E-state index in [4.69, 9.17) is 9.35 Å². The van der Waals surface area contributed by atoms with Gasteiger partial charge in [-0.1, -0.05) is 39.0 Å². The van der Waals surface area contributed by atoms with Crippen molar-refractivity contribution in [1.29, 1.82) is 0 Å². The molecule has 1 fully saturated rings. The Kier molecular flexibility index (Phi) is 7.90. The molecule has 0 radical (unpaired) electrons. The van der Waals surface area contributed by atoms with Gasteiger partial charge in [-0.2, -0.15) is 0 Å². The van der Waals surface area contributed by atoms with Crippen LogP contribution < -0.4 is 9.67 Å². The summed E-state index contributed by atoms with van der Waals surface area (Å²) in [7, 11) is 0. The molecule has 1 aliphatic carbocycles. The Hall–Kier alpha value is -1.07. The van der Waals surface area contributed by atoms with Crippen LogP contribution in [0.15, 0.2) is 24.3 Å². The molecule has 1 aliphatic rings. The van der Waals surface area contributed by atoms with Crippen LogP contribution in [0.2, 0.25) is 0 Å². The van der Waals surface area contributed by atoms with Gasteiger partial charge < -0.3 is 0 Å². The summed E-state index contributed by atoms with van der Waals surface area (Å²) in [5.41, 5.74) is 0.500. The van der Waals surface area contributed by atoms with Gasteiger partial charge in [-0.25, -0.2) is 0 Å². The molecular formula is C15H24AsNO5. The Balaban J connectivity index is 0.000000287. The van der Waals surface area contributed by atoms with Crippen molar-refractivity contribution in [1.82, 2.24) is 0 Å². The number of carbonyl (C=O) groups is 1. The summed E-state index contributed by atoms with van der Waals surface area (Å²) in [5, 5.41) is 10.7. The topological polar surface area (TPSA) is 95.9 Å². The molecule has 124 valence electrons. The zero-order valence-corrected chi connectivity index (χ0v) is 14.9. The van der Waals surface area contributed by atoms with E-state index in [1.165, 1.54) is 63.3 Å². The molecule has 1 saturated carbocycles. The van der Waals surface area contributed by atoms with Gasteiger partial charge in [-0.05, 0) is 5.92 Å². The molecule has 0 aromatic heterocycles. The minimum absolute atomic E-state index is 0.00438. The second-order valence-electron chi connectivity index (χ2n) is 5.39. The van der Waals surface area contributed by atoms with Crippen LogP contribution in [0.4, 0.5) is 5.69 Å². The predicted molar refractivity (Wildman–Crippen MR) is 85.0 cm³/mol. The average molecular weight is 373 g/mol. The molecule has 0 aliphatic heterocycles. The number of carbonyl (C=O) groups excluding carboxylic acids is 1. The average Bonchev–Trinajstić information content (AvgIpc) is 3.01. The first-order valence-electron chi connectivity index (χ1n) is 7.43. The molecule has 22 heavy (non-hydrogen) atoms. The zero-order valence-electron chi connectivity index (χ0n) is 13.0. The minimum atomic E-state index is -4.76. The Morgan fingerprint density at radius 1 is 1.32 bits per heavy atom. The molecule has 0 saturated heterocycles. The molecule has 1 amide bonds. The number of hydrogen-bond acceptors (Lipinski definition) is 4. The summed E-state index contributed by atoms with van der Waals surface area (Å²) in [6.07, 6.45) is 7.43. The Bertz CT molecular complexity index is 511. The molecular weight excluding hydrogens is 349 g/mol. The van der Waals surface area contributed by atoms with Gasteiger partial charge in [0, 0.05) is 0 Å². The maximum Gasteiger partial charge on any atom is -0.0417 e. The zero-order chi connectivity index (χ0) is 16.6. The van der Waals surface area contributed by atoms with Crippen molar-refractivity contribution in [2.45, 2.75) is 46.0 Å². The van der Waals surface area contributed by atoms with Gasteiger partial charge in [0.05, 0.1) is 0 Å². The van der Waals surface area contributed by atoms with E-state index in [1.54, 1.807) is 0 Å². The van der Waals surface area contributed by atoms with Crippen molar-refractivity contribution < 1.29 is 21.8 Å². The summed E-state index contributed by atoms with van der Waals surface area (Å²) in [6.45, 7) is 3.65. The number of anilines is 1. The number of nitrogens with one attached hydrogen (secondary N) is 1. The van der Waals surface area contributed by atoms with Gasteiger partial charge in [0.2, 0.25) is 0 Å². The predicted octanol–water partition coefficient (Wildman–Crippen LogP) is 2.29. The van der Waals surface area contributed by atoms with Crippen LogP contribution in [0.1, 0.15) is 46.0 Å². The van der Waals surface area contributed by atoms with E-state index >= 15 is 0 Å². The van der Waals surface area contributed by atoms with E-state index in [2.05, 4.69) is 16.1 Å². The Labute approximate surface area is 133 Å². The van der Waals surface area contributed by atoms with Crippen molar-refractivity contribution in [2.24, 2.45) is 5.92 Å². The van der Waals surface area contributed by atoms with E-state index in [0.29, 0.717) is 5.69 Å². The van der Waals surface area contributed by atoms with Gasteiger partial charge in [0.1, 0.15) is 0 Å². The fourth-order valence-electron chi connectivity index (χ4n) is 2.40. The van der Waals surface area contributed by atoms with Crippen molar-refractivity contribution in [3.63, 3.8) is 0 Å². The summed E-state index contributed by atoms with van der Waals surface area (Å²) < 4.78 is 23.8. The van der Waals surface area contributed by atoms with E-state index < -0.39 is 14.2 Å². The first kappa shape index (κ1) is 19.0. The first-order valence-corrected chi connectivity index (χ1v) is 10.7. The summed E-state index contributed by atoms with van der Waals surface area (Å²) in [5.74, 6) is 0.860. The third-order valence-corrected chi connectivity index (χ3v) is 6.14. The van der Waals surface area contributed by atoms with Crippen LogP contribution in [-0.2, 0) is 12.4 Å². The molecule has 1 aromatic rings. The minimum Gasteiger partial charge on any atom is -0.0651 e. The van der Waals surface area contributed by atoms with Gasteiger partial charge in [-0.15, -0.1) is 0 Å². The van der Waals surface area contributed by atoms with Crippen LogP contribution in [0, 0.1) is 5.92 Å². The van der Waals surface area contributed by atoms with Crippen molar-refractivity contribution in [2.75, 3.05) is 5.32 Å². The quantitative estimate of drug-likeness (QED) is 0.428. The molecule has 3 N–H and O–H groups in total.